The number of aliphatic hydroxyl groups excluding tert-OH is 1. The van der Waals surface area contributed by atoms with Gasteiger partial charge in [-0.05, 0) is 56.9 Å². The smallest absolute Gasteiger partial charge is 0.238 e. The predicted octanol–water partition coefficient (Wildman–Crippen LogP) is 1.92. The maximum absolute atomic E-state index is 12.5. The minimum absolute atomic E-state index is 0.0285. The fourth-order valence-corrected chi connectivity index (χ4v) is 6.11. The third-order valence-corrected chi connectivity index (χ3v) is 8.48. The fourth-order valence-electron chi connectivity index (χ4n) is 5.16. The molecule has 2 aromatic heterocycles. The number of hydrogen-bond donors (Lipinski definition) is 2. The summed E-state index contributed by atoms with van der Waals surface area (Å²) in [6.45, 7) is 1.63. The van der Waals surface area contributed by atoms with Crippen molar-refractivity contribution in [1.29, 1.82) is 0 Å². The Morgan fingerprint density at radius 3 is 2.78 bits per heavy atom. The number of rotatable bonds is 5. The first kappa shape index (κ1) is 20.3. The number of nitrogens with zero attached hydrogens (tertiary/aromatic N) is 5. The van der Waals surface area contributed by atoms with E-state index in [1.807, 2.05) is 6.20 Å². The SMILES string of the molecule is O=S1COc2nc(N3CCC(c4ncc5c(n4)CCC5)CC3)nc(NC3(CO)CCC3)c21. The van der Waals surface area contributed by atoms with Gasteiger partial charge in [-0.1, -0.05) is 0 Å². The second-order valence-corrected chi connectivity index (χ2v) is 10.7. The molecule has 1 atom stereocenters. The van der Waals surface area contributed by atoms with Crippen molar-refractivity contribution < 1.29 is 14.1 Å². The van der Waals surface area contributed by atoms with Crippen LogP contribution in [0.4, 0.5) is 11.8 Å². The molecule has 2 aliphatic heterocycles. The molecule has 6 rings (SSSR count). The molecule has 2 fully saturated rings. The monoisotopic (exact) mass is 456 g/mol. The van der Waals surface area contributed by atoms with Crippen LogP contribution in [0.3, 0.4) is 0 Å². The van der Waals surface area contributed by atoms with Crippen LogP contribution in [0.25, 0.3) is 0 Å². The van der Waals surface area contributed by atoms with Crippen molar-refractivity contribution in [3.05, 3.63) is 23.3 Å². The number of nitrogens with one attached hydrogen (secondary N) is 1. The van der Waals surface area contributed by atoms with Gasteiger partial charge in [0.2, 0.25) is 11.8 Å². The normalized spacial score (nSPS) is 23.9. The van der Waals surface area contributed by atoms with Gasteiger partial charge in [-0.25, -0.2) is 9.97 Å². The lowest BCUT2D eigenvalue weighted by atomic mass is 9.77. The minimum atomic E-state index is -1.29. The summed E-state index contributed by atoms with van der Waals surface area (Å²) in [5.74, 6) is 2.94. The largest absolute Gasteiger partial charge is 0.463 e. The number of ether oxygens (including phenoxy) is 1. The molecule has 1 saturated heterocycles. The molecule has 2 aliphatic carbocycles. The van der Waals surface area contributed by atoms with Crippen LogP contribution in [0.15, 0.2) is 11.1 Å². The summed E-state index contributed by atoms with van der Waals surface area (Å²) < 4.78 is 18.1. The lowest BCUT2D eigenvalue weighted by Crippen LogP contribution is -2.48. The molecular formula is C22H28N6O3S. The van der Waals surface area contributed by atoms with Crippen LogP contribution in [0.1, 0.15) is 61.5 Å². The van der Waals surface area contributed by atoms with Gasteiger partial charge in [0.1, 0.15) is 21.5 Å². The summed E-state index contributed by atoms with van der Waals surface area (Å²) in [5.41, 5.74) is 2.15. The molecule has 0 radical (unpaired) electrons. The summed E-state index contributed by atoms with van der Waals surface area (Å²) in [7, 11) is -1.29. The van der Waals surface area contributed by atoms with E-state index in [0.717, 1.165) is 63.9 Å². The van der Waals surface area contributed by atoms with Gasteiger partial charge in [0, 0.05) is 30.9 Å². The van der Waals surface area contributed by atoms with Gasteiger partial charge >= 0.3 is 0 Å². The molecule has 2 aromatic rings. The van der Waals surface area contributed by atoms with Crippen molar-refractivity contribution in [2.45, 2.75) is 67.7 Å². The highest BCUT2D eigenvalue weighted by molar-refractivity contribution is 7.85. The lowest BCUT2D eigenvalue weighted by Gasteiger charge is -2.41. The number of fused-ring (bicyclic) bond motifs is 2. The molecule has 9 nitrogen and oxygen atoms in total. The Balaban J connectivity index is 1.22. The Morgan fingerprint density at radius 2 is 2.03 bits per heavy atom. The van der Waals surface area contributed by atoms with E-state index in [2.05, 4.69) is 20.2 Å². The summed E-state index contributed by atoms with van der Waals surface area (Å²) in [5, 5.41) is 13.3. The van der Waals surface area contributed by atoms with Crippen LogP contribution in [-0.2, 0) is 23.6 Å². The lowest BCUT2D eigenvalue weighted by molar-refractivity contribution is 0.143. The maximum atomic E-state index is 12.5. The highest BCUT2D eigenvalue weighted by atomic mass is 32.2. The van der Waals surface area contributed by atoms with Gasteiger partial charge in [-0.3, -0.25) is 4.21 Å². The van der Waals surface area contributed by atoms with Gasteiger partial charge in [0.25, 0.3) is 0 Å². The van der Waals surface area contributed by atoms with Crippen molar-refractivity contribution in [3.63, 3.8) is 0 Å². The van der Waals surface area contributed by atoms with E-state index in [4.69, 9.17) is 14.7 Å². The topological polar surface area (TPSA) is 113 Å². The quantitative estimate of drug-likeness (QED) is 0.696. The molecule has 0 aromatic carbocycles. The average Bonchev–Trinajstić information content (AvgIpc) is 3.42. The Labute approximate surface area is 189 Å². The number of anilines is 2. The number of piperidine rings is 1. The van der Waals surface area contributed by atoms with Crippen LogP contribution in [0.5, 0.6) is 5.88 Å². The summed E-state index contributed by atoms with van der Waals surface area (Å²) in [6, 6.07) is 0. The van der Waals surface area contributed by atoms with Crippen molar-refractivity contribution in [3.8, 4) is 5.88 Å². The van der Waals surface area contributed by atoms with Crippen LogP contribution < -0.4 is 15.0 Å². The zero-order chi connectivity index (χ0) is 21.7. The van der Waals surface area contributed by atoms with E-state index in [1.54, 1.807) is 0 Å². The van der Waals surface area contributed by atoms with E-state index >= 15 is 0 Å². The molecule has 1 unspecified atom stereocenters. The summed E-state index contributed by atoms with van der Waals surface area (Å²) in [4.78, 5) is 21.6. The number of aliphatic hydroxyl groups is 1. The molecule has 4 aliphatic rings. The molecule has 170 valence electrons. The van der Waals surface area contributed by atoms with Gasteiger partial charge in [-0.15, -0.1) is 0 Å². The number of hydrogen-bond acceptors (Lipinski definition) is 9. The molecule has 2 N–H and O–H groups in total. The second kappa shape index (κ2) is 7.91. The van der Waals surface area contributed by atoms with Crippen molar-refractivity contribution in [2.75, 3.05) is 35.9 Å². The molecule has 0 amide bonds. The predicted molar refractivity (Wildman–Crippen MR) is 119 cm³/mol. The molecule has 10 heteroatoms. The van der Waals surface area contributed by atoms with Crippen molar-refractivity contribution >= 4 is 22.6 Å². The van der Waals surface area contributed by atoms with Gasteiger partial charge in [-0.2, -0.15) is 9.97 Å². The van der Waals surface area contributed by atoms with Crippen molar-refractivity contribution in [1.82, 2.24) is 19.9 Å². The first-order valence-corrected chi connectivity index (χ1v) is 12.9. The molecule has 0 bridgehead atoms. The standard InChI is InChI=1S/C22H28N6O3S/c29-12-22(7-2-8-22)27-19-17-20(31-13-32(17)30)26-21(25-19)28-9-5-14(6-10-28)18-23-11-15-3-1-4-16(15)24-18/h11,14,29H,1-10,12-13H2,(H,25,26,27). The Bertz CT molecular complexity index is 1060. The van der Waals surface area contributed by atoms with E-state index in [9.17, 15) is 9.32 Å². The van der Waals surface area contributed by atoms with Crippen molar-refractivity contribution in [2.24, 2.45) is 0 Å². The van der Waals surface area contributed by atoms with E-state index < -0.39 is 10.8 Å². The zero-order valence-corrected chi connectivity index (χ0v) is 18.9. The second-order valence-electron chi connectivity index (χ2n) is 9.35. The zero-order valence-electron chi connectivity index (χ0n) is 18.0. The Kier molecular flexibility index (Phi) is 5.02. The number of aryl methyl sites for hydroxylation is 2. The van der Waals surface area contributed by atoms with Crippen LogP contribution in [0, 0.1) is 0 Å². The van der Waals surface area contributed by atoms with Gasteiger partial charge < -0.3 is 20.1 Å². The van der Waals surface area contributed by atoms with Crippen LogP contribution in [0.2, 0.25) is 0 Å². The molecule has 32 heavy (non-hydrogen) atoms. The van der Waals surface area contributed by atoms with Crippen LogP contribution >= 0.6 is 0 Å². The molecule has 4 heterocycles. The number of aromatic nitrogens is 4. The van der Waals surface area contributed by atoms with E-state index in [1.165, 1.54) is 17.7 Å². The maximum Gasteiger partial charge on any atom is 0.238 e. The highest BCUT2D eigenvalue weighted by Crippen LogP contribution is 2.40. The Morgan fingerprint density at radius 1 is 1.19 bits per heavy atom. The first-order chi connectivity index (χ1) is 15.6. The molecule has 1 saturated carbocycles. The van der Waals surface area contributed by atoms with E-state index in [0.29, 0.717) is 28.5 Å². The van der Waals surface area contributed by atoms with E-state index in [-0.39, 0.29) is 18.1 Å². The fraction of sp³-hybridized carbons (Fsp3) is 0.636. The molecule has 0 spiro atoms. The molecular weight excluding hydrogens is 428 g/mol. The van der Waals surface area contributed by atoms with Crippen LogP contribution in [-0.4, -0.2) is 60.4 Å². The average molecular weight is 457 g/mol. The van der Waals surface area contributed by atoms with Gasteiger partial charge in [0.15, 0.2) is 11.8 Å². The summed E-state index contributed by atoms with van der Waals surface area (Å²) in [6.07, 6.45) is 10.1. The summed E-state index contributed by atoms with van der Waals surface area (Å²) >= 11 is 0. The van der Waals surface area contributed by atoms with Gasteiger partial charge in [0.05, 0.1) is 12.1 Å². The first-order valence-electron chi connectivity index (χ1n) is 11.6. The highest BCUT2D eigenvalue weighted by Gasteiger charge is 2.39. The third kappa shape index (κ3) is 3.44. The minimum Gasteiger partial charge on any atom is -0.463 e. The third-order valence-electron chi connectivity index (χ3n) is 7.33. The Hall–Kier alpha value is -2.33.